The molecule has 1 saturated heterocycles. The van der Waals surface area contributed by atoms with Gasteiger partial charge in [-0.25, -0.2) is 13.4 Å². The van der Waals surface area contributed by atoms with Gasteiger partial charge in [-0.3, -0.25) is 4.79 Å². The van der Waals surface area contributed by atoms with Crippen LogP contribution in [0.5, 0.6) is 0 Å². The molecule has 1 fully saturated rings. The summed E-state index contributed by atoms with van der Waals surface area (Å²) in [6.45, 7) is 3.78. The van der Waals surface area contributed by atoms with Crippen LogP contribution in [0.2, 0.25) is 0 Å². The average molecular weight is 321 g/mol. The number of amides is 1. The Labute approximate surface area is 129 Å². The molecule has 0 spiro atoms. The molecule has 3 rings (SSSR count). The molecule has 22 heavy (non-hydrogen) atoms. The van der Waals surface area contributed by atoms with Gasteiger partial charge in [0, 0.05) is 0 Å². The lowest BCUT2D eigenvalue weighted by molar-refractivity contribution is -0.123. The highest BCUT2D eigenvalue weighted by Crippen LogP contribution is 2.23. The van der Waals surface area contributed by atoms with Crippen molar-refractivity contribution in [2.75, 3.05) is 11.5 Å². The predicted molar refractivity (Wildman–Crippen MR) is 84.3 cm³/mol. The van der Waals surface area contributed by atoms with Gasteiger partial charge in [-0.05, 0) is 32.4 Å². The van der Waals surface area contributed by atoms with Gasteiger partial charge in [0.1, 0.15) is 12.4 Å². The van der Waals surface area contributed by atoms with Gasteiger partial charge in [-0.1, -0.05) is 12.1 Å². The van der Waals surface area contributed by atoms with Crippen LogP contribution >= 0.6 is 0 Å². The molecule has 0 saturated carbocycles. The van der Waals surface area contributed by atoms with E-state index in [4.69, 9.17) is 0 Å². The van der Waals surface area contributed by atoms with E-state index in [2.05, 4.69) is 10.3 Å². The number of carbonyl (C=O) groups is 1. The fourth-order valence-electron chi connectivity index (χ4n) is 3.02. The van der Waals surface area contributed by atoms with Crippen molar-refractivity contribution in [3.8, 4) is 0 Å². The minimum atomic E-state index is -3.04. The molecule has 1 aliphatic heterocycles. The van der Waals surface area contributed by atoms with Crippen molar-refractivity contribution >= 4 is 26.8 Å². The molecule has 118 valence electrons. The van der Waals surface area contributed by atoms with Crippen LogP contribution in [0.1, 0.15) is 19.2 Å². The number of fused-ring (bicyclic) bond motifs is 1. The number of hydrogen-bond donors (Lipinski definition) is 1. The summed E-state index contributed by atoms with van der Waals surface area (Å²) in [5.41, 5.74) is 1.09. The number of para-hydroxylation sites is 2. The van der Waals surface area contributed by atoms with Crippen LogP contribution in [0.25, 0.3) is 11.0 Å². The van der Waals surface area contributed by atoms with Crippen LogP contribution in [-0.2, 0) is 21.2 Å². The first kappa shape index (κ1) is 15.0. The lowest BCUT2D eigenvalue weighted by Crippen LogP contribution is -2.48. The van der Waals surface area contributed by atoms with Gasteiger partial charge in [0.05, 0.1) is 28.1 Å². The van der Waals surface area contributed by atoms with E-state index in [-0.39, 0.29) is 24.0 Å². The predicted octanol–water partition coefficient (Wildman–Crippen LogP) is 1.04. The fraction of sp³-hybridized carbons (Fsp3) is 0.467. The Kier molecular flexibility index (Phi) is 3.47. The van der Waals surface area contributed by atoms with Gasteiger partial charge in [0.15, 0.2) is 9.84 Å². The van der Waals surface area contributed by atoms with Crippen molar-refractivity contribution in [1.82, 2.24) is 14.9 Å². The zero-order valence-electron chi connectivity index (χ0n) is 12.7. The molecule has 0 aliphatic carbocycles. The first-order valence-corrected chi connectivity index (χ1v) is 9.03. The summed E-state index contributed by atoms with van der Waals surface area (Å²) in [7, 11) is -3.04. The van der Waals surface area contributed by atoms with E-state index in [1.54, 1.807) is 6.92 Å². The minimum absolute atomic E-state index is 0.00932. The maximum Gasteiger partial charge on any atom is 0.240 e. The van der Waals surface area contributed by atoms with Gasteiger partial charge in [-0.2, -0.15) is 0 Å². The lowest BCUT2D eigenvalue weighted by atomic mass is 10.0. The molecule has 1 aromatic heterocycles. The maximum absolute atomic E-state index is 12.3. The smallest absolute Gasteiger partial charge is 0.240 e. The number of hydrogen-bond acceptors (Lipinski definition) is 4. The Hall–Kier alpha value is -1.89. The van der Waals surface area contributed by atoms with E-state index >= 15 is 0 Å². The normalized spacial score (nSPS) is 23.7. The number of aromatic nitrogens is 2. The maximum atomic E-state index is 12.3. The highest BCUT2D eigenvalue weighted by molar-refractivity contribution is 7.91. The second-order valence-corrected chi connectivity index (χ2v) is 8.37. The summed E-state index contributed by atoms with van der Waals surface area (Å²) >= 11 is 0. The van der Waals surface area contributed by atoms with Gasteiger partial charge in [0.2, 0.25) is 5.91 Å². The molecular formula is C15H19N3O3S. The van der Waals surface area contributed by atoms with Crippen LogP contribution in [0.15, 0.2) is 24.3 Å². The summed E-state index contributed by atoms with van der Waals surface area (Å²) < 4.78 is 25.1. The monoisotopic (exact) mass is 321 g/mol. The van der Waals surface area contributed by atoms with E-state index in [1.165, 1.54) is 0 Å². The Morgan fingerprint density at radius 2 is 2.14 bits per heavy atom. The number of benzene rings is 1. The number of sulfone groups is 1. The summed E-state index contributed by atoms with van der Waals surface area (Å²) in [5, 5.41) is 2.87. The summed E-state index contributed by atoms with van der Waals surface area (Å²) in [5.74, 6) is 0.720. The molecule has 1 N–H and O–H groups in total. The van der Waals surface area contributed by atoms with Crippen LogP contribution in [0.4, 0.5) is 0 Å². The SMILES string of the molecule is Cc1nc2ccccc2n1CC(=O)NC1(C)CCS(=O)(=O)C1. The first-order chi connectivity index (χ1) is 10.3. The number of aryl methyl sites for hydroxylation is 1. The number of carbonyl (C=O) groups excluding carboxylic acids is 1. The summed E-state index contributed by atoms with van der Waals surface area (Å²) in [6.07, 6.45) is 0.463. The molecule has 1 aromatic carbocycles. The third-order valence-corrected chi connectivity index (χ3v) is 5.99. The third kappa shape index (κ3) is 2.85. The van der Waals surface area contributed by atoms with Crippen molar-refractivity contribution in [3.05, 3.63) is 30.1 Å². The van der Waals surface area contributed by atoms with Crippen molar-refractivity contribution < 1.29 is 13.2 Å². The van der Waals surface area contributed by atoms with Gasteiger partial charge >= 0.3 is 0 Å². The standard InChI is InChI=1S/C15H19N3O3S/c1-11-16-12-5-3-4-6-13(12)18(11)9-14(19)17-15(2)7-8-22(20,21)10-15/h3-6H,7-10H2,1-2H3,(H,17,19). The summed E-state index contributed by atoms with van der Waals surface area (Å²) in [6, 6.07) is 7.64. The van der Waals surface area contributed by atoms with Crippen molar-refractivity contribution in [2.24, 2.45) is 0 Å². The molecule has 7 heteroatoms. The van der Waals surface area contributed by atoms with Crippen LogP contribution in [0, 0.1) is 6.92 Å². The van der Waals surface area contributed by atoms with E-state index < -0.39 is 15.4 Å². The highest BCUT2D eigenvalue weighted by atomic mass is 32.2. The summed E-state index contributed by atoms with van der Waals surface area (Å²) in [4.78, 5) is 16.7. The number of nitrogens with one attached hydrogen (secondary N) is 1. The van der Waals surface area contributed by atoms with Gasteiger partial charge < -0.3 is 9.88 Å². The molecule has 0 bridgehead atoms. The quantitative estimate of drug-likeness (QED) is 0.916. The van der Waals surface area contributed by atoms with E-state index in [0.717, 1.165) is 16.9 Å². The third-order valence-electron chi connectivity index (χ3n) is 4.09. The molecule has 1 amide bonds. The molecule has 0 radical (unpaired) electrons. The number of nitrogens with zero attached hydrogens (tertiary/aromatic N) is 2. The van der Waals surface area contributed by atoms with Crippen LogP contribution < -0.4 is 5.32 Å². The largest absolute Gasteiger partial charge is 0.348 e. The molecule has 2 heterocycles. The molecule has 6 nitrogen and oxygen atoms in total. The van der Waals surface area contributed by atoms with E-state index in [1.807, 2.05) is 35.8 Å². The second-order valence-electron chi connectivity index (χ2n) is 6.18. The van der Waals surface area contributed by atoms with Crippen molar-refractivity contribution in [2.45, 2.75) is 32.4 Å². The van der Waals surface area contributed by atoms with Gasteiger partial charge in [0.25, 0.3) is 0 Å². The Morgan fingerprint density at radius 3 is 2.82 bits per heavy atom. The average Bonchev–Trinajstić information content (AvgIpc) is 2.87. The van der Waals surface area contributed by atoms with Crippen molar-refractivity contribution in [3.63, 3.8) is 0 Å². The first-order valence-electron chi connectivity index (χ1n) is 7.21. The molecule has 1 atom stereocenters. The Bertz CT molecular complexity index is 841. The Morgan fingerprint density at radius 1 is 1.41 bits per heavy atom. The number of rotatable bonds is 3. The molecular weight excluding hydrogens is 302 g/mol. The minimum Gasteiger partial charge on any atom is -0.348 e. The number of imidazole rings is 1. The van der Waals surface area contributed by atoms with E-state index in [0.29, 0.717) is 6.42 Å². The lowest BCUT2D eigenvalue weighted by Gasteiger charge is -2.24. The van der Waals surface area contributed by atoms with Crippen molar-refractivity contribution in [1.29, 1.82) is 0 Å². The molecule has 1 unspecified atom stereocenters. The fourth-order valence-corrected chi connectivity index (χ4v) is 5.12. The Balaban J connectivity index is 1.78. The second kappa shape index (κ2) is 5.08. The van der Waals surface area contributed by atoms with Gasteiger partial charge in [-0.15, -0.1) is 0 Å². The zero-order chi connectivity index (χ0) is 16.0. The van der Waals surface area contributed by atoms with Crippen LogP contribution in [-0.4, -0.2) is 40.9 Å². The topological polar surface area (TPSA) is 81.1 Å². The molecule has 1 aliphatic rings. The molecule has 2 aromatic rings. The van der Waals surface area contributed by atoms with E-state index in [9.17, 15) is 13.2 Å². The van der Waals surface area contributed by atoms with Crippen LogP contribution in [0.3, 0.4) is 0 Å². The zero-order valence-corrected chi connectivity index (χ0v) is 13.5. The highest BCUT2D eigenvalue weighted by Gasteiger charge is 2.39.